The largest absolute Gasteiger partial charge is 0.316 e. The van der Waals surface area contributed by atoms with Crippen LogP contribution in [0, 0.1) is 17.2 Å². The molecule has 4 nitrogen and oxygen atoms in total. The lowest BCUT2D eigenvalue weighted by Crippen LogP contribution is -2.33. The fourth-order valence-electron chi connectivity index (χ4n) is 2.51. The first-order valence-electron chi connectivity index (χ1n) is 7.23. The SMILES string of the molecule is CNCc1ccc(S(=O)(=O)NCC2(C(C)C)CC2)c(F)c1. The smallest absolute Gasteiger partial charge is 0.243 e. The minimum Gasteiger partial charge on any atom is -0.316 e. The normalized spacial score (nSPS) is 17.2. The van der Waals surface area contributed by atoms with E-state index < -0.39 is 15.8 Å². The Bertz CT molecular complexity index is 610. The van der Waals surface area contributed by atoms with Gasteiger partial charge < -0.3 is 5.32 Å². The standard InChI is InChI=1S/C15H23FN2O2S/c1-11(2)15(6-7-15)10-18-21(19,20)14-5-4-12(9-17-3)8-13(14)16/h4-5,8,11,17-18H,6-7,9-10H2,1-3H3. The number of benzene rings is 1. The van der Waals surface area contributed by atoms with Crippen LogP contribution < -0.4 is 10.0 Å². The van der Waals surface area contributed by atoms with Crippen LogP contribution in [0.3, 0.4) is 0 Å². The van der Waals surface area contributed by atoms with E-state index in [4.69, 9.17) is 0 Å². The summed E-state index contributed by atoms with van der Waals surface area (Å²) in [4.78, 5) is -0.276. The molecule has 0 unspecified atom stereocenters. The van der Waals surface area contributed by atoms with Crippen LogP contribution in [-0.2, 0) is 16.6 Å². The van der Waals surface area contributed by atoms with Crippen molar-refractivity contribution in [2.75, 3.05) is 13.6 Å². The second-order valence-corrected chi connectivity index (χ2v) is 7.87. The van der Waals surface area contributed by atoms with E-state index in [2.05, 4.69) is 23.9 Å². The molecular formula is C15H23FN2O2S. The Morgan fingerprint density at radius 1 is 1.33 bits per heavy atom. The molecule has 0 heterocycles. The fourth-order valence-corrected chi connectivity index (χ4v) is 3.71. The molecule has 0 aromatic heterocycles. The van der Waals surface area contributed by atoms with E-state index in [-0.39, 0.29) is 10.3 Å². The zero-order valence-electron chi connectivity index (χ0n) is 12.7. The first-order chi connectivity index (χ1) is 9.81. The molecule has 1 fully saturated rings. The molecule has 0 atom stereocenters. The summed E-state index contributed by atoms with van der Waals surface area (Å²) in [5.74, 6) is -0.285. The summed E-state index contributed by atoms with van der Waals surface area (Å²) in [6.45, 7) is 5.06. The van der Waals surface area contributed by atoms with Crippen LogP contribution in [0.15, 0.2) is 23.1 Å². The number of sulfonamides is 1. The van der Waals surface area contributed by atoms with Gasteiger partial charge in [-0.3, -0.25) is 0 Å². The molecule has 0 spiro atoms. The van der Waals surface area contributed by atoms with Gasteiger partial charge in [-0.1, -0.05) is 19.9 Å². The Kier molecular flexibility index (Phi) is 4.70. The van der Waals surface area contributed by atoms with E-state index in [1.807, 2.05) is 0 Å². The van der Waals surface area contributed by atoms with Gasteiger partial charge in [0.15, 0.2) is 0 Å². The first-order valence-corrected chi connectivity index (χ1v) is 8.72. The third kappa shape index (κ3) is 3.62. The van der Waals surface area contributed by atoms with Crippen LogP contribution in [0.1, 0.15) is 32.3 Å². The summed E-state index contributed by atoms with van der Waals surface area (Å²) in [5.41, 5.74) is 0.769. The van der Waals surface area contributed by atoms with E-state index >= 15 is 0 Å². The highest BCUT2D eigenvalue weighted by Gasteiger charge is 2.45. The van der Waals surface area contributed by atoms with Crippen LogP contribution in [0.5, 0.6) is 0 Å². The summed E-state index contributed by atoms with van der Waals surface area (Å²) in [6, 6.07) is 4.23. The van der Waals surface area contributed by atoms with Crippen LogP contribution in [0.2, 0.25) is 0 Å². The molecule has 1 aliphatic rings. The van der Waals surface area contributed by atoms with Crippen molar-refractivity contribution in [3.8, 4) is 0 Å². The highest BCUT2D eigenvalue weighted by Crippen LogP contribution is 2.51. The summed E-state index contributed by atoms with van der Waals surface area (Å²) < 4.78 is 41.1. The molecule has 1 aromatic rings. The van der Waals surface area contributed by atoms with Crippen LogP contribution in [0.4, 0.5) is 4.39 Å². The Labute approximate surface area is 126 Å². The molecule has 2 N–H and O–H groups in total. The topological polar surface area (TPSA) is 58.2 Å². The molecule has 1 aromatic carbocycles. The van der Waals surface area contributed by atoms with Crippen molar-refractivity contribution in [1.82, 2.24) is 10.0 Å². The number of hydrogen-bond acceptors (Lipinski definition) is 3. The zero-order chi connectivity index (χ0) is 15.7. The molecular weight excluding hydrogens is 291 g/mol. The predicted molar refractivity (Wildman–Crippen MR) is 80.9 cm³/mol. The van der Waals surface area contributed by atoms with Gasteiger partial charge in [-0.2, -0.15) is 0 Å². The molecule has 0 bridgehead atoms. The molecule has 2 rings (SSSR count). The third-order valence-corrected chi connectivity index (χ3v) is 5.83. The Hall–Kier alpha value is -0.980. The third-order valence-electron chi connectivity index (χ3n) is 4.40. The van der Waals surface area contributed by atoms with Crippen LogP contribution >= 0.6 is 0 Å². The number of hydrogen-bond donors (Lipinski definition) is 2. The lowest BCUT2D eigenvalue weighted by atomic mass is 9.93. The van der Waals surface area contributed by atoms with E-state index in [0.717, 1.165) is 18.4 Å². The van der Waals surface area contributed by atoms with Gasteiger partial charge in [0.25, 0.3) is 0 Å². The van der Waals surface area contributed by atoms with Crippen LogP contribution in [-0.4, -0.2) is 22.0 Å². The van der Waals surface area contributed by atoms with E-state index in [0.29, 0.717) is 19.0 Å². The van der Waals surface area contributed by atoms with E-state index in [9.17, 15) is 12.8 Å². The van der Waals surface area contributed by atoms with Crippen molar-refractivity contribution >= 4 is 10.0 Å². The number of rotatable bonds is 7. The maximum absolute atomic E-state index is 14.0. The van der Waals surface area contributed by atoms with Gasteiger partial charge in [-0.05, 0) is 48.9 Å². The van der Waals surface area contributed by atoms with Gasteiger partial charge in [0, 0.05) is 13.1 Å². The van der Waals surface area contributed by atoms with Gasteiger partial charge >= 0.3 is 0 Å². The quantitative estimate of drug-likeness (QED) is 0.811. The van der Waals surface area contributed by atoms with Crippen molar-refractivity contribution in [2.24, 2.45) is 11.3 Å². The average molecular weight is 314 g/mol. The van der Waals surface area contributed by atoms with Crippen molar-refractivity contribution in [3.05, 3.63) is 29.6 Å². The lowest BCUT2D eigenvalue weighted by molar-refractivity contribution is 0.357. The van der Waals surface area contributed by atoms with Gasteiger partial charge in [0.05, 0.1) is 0 Å². The van der Waals surface area contributed by atoms with Crippen molar-refractivity contribution in [2.45, 2.75) is 38.1 Å². The van der Waals surface area contributed by atoms with Gasteiger partial charge in [0.2, 0.25) is 10.0 Å². The number of nitrogens with one attached hydrogen (secondary N) is 2. The molecule has 0 aliphatic heterocycles. The zero-order valence-corrected chi connectivity index (χ0v) is 13.6. The molecule has 118 valence electrons. The minimum absolute atomic E-state index is 0.0512. The van der Waals surface area contributed by atoms with Gasteiger partial charge in [0.1, 0.15) is 10.7 Å². The first kappa shape index (κ1) is 16.4. The lowest BCUT2D eigenvalue weighted by Gasteiger charge is -2.20. The Morgan fingerprint density at radius 3 is 2.48 bits per heavy atom. The highest BCUT2D eigenvalue weighted by molar-refractivity contribution is 7.89. The van der Waals surface area contributed by atoms with Crippen LogP contribution in [0.25, 0.3) is 0 Å². The summed E-state index contributed by atoms with van der Waals surface area (Å²) in [6.07, 6.45) is 2.05. The second-order valence-electron chi connectivity index (χ2n) is 6.14. The Morgan fingerprint density at radius 2 is 2.00 bits per heavy atom. The monoisotopic (exact) mass is 314 g/mol. The summed E-state index contributed by atoms with van der Waals surface area (Å²) in [7, 11) is -2.04. The maximum Gasteiger partial charge on any atom is 0.243 e. The average Bonchev–Trinajstić information content (AvgIpc) is 3.18. The van der Waals surface area contributed by atoms with Gasteiger partial charge in [-0.15, -0.1) is 0 Å². The second kappa shape index (κ2) is 6.02. The minimum atomic E-state index is -3.79. The van der Waals surface area contributed by atoms with Crippen molar-refractivity contribution in [1.29, 1.82) is 0 Å². The molecule has 0 radical (unpaired) electrons. The molecule has 0 saturated heterocycles. The number of halogens is 1. The van der Waals surface area contributed by atoms with Crippen molar-refractivity contribution in [3.63, 3.8) is 0 Å². The van der Waals surface area contributed by atoms with Gasteiger partial charge in [-0.25, -0.2) is 17.5 Å². The molecule has 1 aliphatic carbocycles. The molecule has 1 saturated carbocycles. The van der Waals surface area contributed by atoms with E-state index in [1.54, 1.807) is 13.1 Å². The Balaban J connectivity index is 2.12. The maximum atomic E-state index is 14.0. The summed E-state index contributed by atoms with van der Waals surface area (Å²) in [5, 5.41) is 2.90. The fraction of sp³-hybridized carbons (Fsp3) is 0.600. The summed E-state index contributed by atoms with van der Waals surface area (Å²) >= 11 is 0. The molecule has 6 heteroatoms. The van der Waals surface area contributed by atoms with E-state index in [1.165, 1.54) is 12.1 Å². The predicted octanol–water partition coefficient (Wildman–Crippen LogP) is 2.26. The molecule has 21 heavy (non-hydrogen) atoms. The van der Waals surface area contributed by atoms with Crippen molar-refractivity contribution < 1.29 is 12.8 Å². The molecule has 0 amide bonds. The highest BCUT2D eigenvalue weighted by atomic mass is 32.2.